The number of nitrogens with zero attached hydrogens (tertiary/aromatic N) is 2. The molecule has 0 spiro atoms. The summed E-state index contributed by atoms with van der Waals surface area (Å²) in [6, 6.07) is 17.4. The smallest absolute Gasteiger partial charge is 0.204 e. The Morgan fingerprint density at radius 1 is 1.00 bits per heavy atom. The topological polar surface area (TPSA) is 52.1 Å². The molecule has 2 heterocycles. The molecular formula is C21H16N2O2S. The van der Waals surface area contributed by atoms with Crippen molar-refractivity contribution in [1.82, 2.24) is 9.97 Å². The summed E-state index contributed by atoms with van der Waals surface area (Å²) in [7, 11) is 1.63. The van der Waals surface area contributed by atoms with E-state index in [1.54, 1.807) is 7.11 Å². The number of ether oxygens (including phenoxy) is 1. The van der Waals surface area contributed by atoms with E-state index in [4.69, 9.17) is 4.74 Å². The largest absolute Gasteiger partial charge is 0.497 e. The Hall–Kier alpha value is -2.92. The van der Waals surface area contributed by atoms with Gasteiger partial charge in [-0.1, -0.05) is 54.2 Å². The van der Waals surface area contributed by atoms with Crippen LogP contribution < -0.4 is 4.74 Å². The highest BCUT2D eigenvalue weighted by atomic mass is 32.2. The van der Waals surface area contributed by atoms with E-state index in [1.807, 2.05) is 67.6 Å². The zero-order chi connectivity index (χ0) is 18.1. The maximum atomic E-state index is 12.8. The molecule has 1 aromatic heterocycles. The van der Waals surface area contributed by atoms with Crippen LogP contribution in [-0.2, 0) is 0 Å². The molecule has 0 bridgehead atoms. The maximum absolute atomic E-state index is 12.8. The van der Waals surface area contributed by atoms with Crippen molar-refractivity contribution < 1.29 is 9.53 Å². The summed E-state index contributed by atoms with van der Waals surface area (Å²) in [6.07, 6.45) is 1.88. The molecule has 0 unspecified atom stereocenters. The molecule has 5 heteroatoms. The third-order valence-electron chi connectivity index (χ3n) is 4.16. The number of rotatable bonds is 3. The fourth-order valence-electron chi connectivity index (χ4n) is 2.82. The number of Topliss-reactive ketones (excluding diaryl/α,β-unsaturated/α-hetero) is 1. The first-order valence-electron chi connectivity index (χ1n) is 8.18. The van der Waals surface area contributed by atoms with Crippen LogP contribution >= 0.6 is 11.8 Å². The van der Waals surface area contributed by atoms with Gasteiger partial charge in [-0.3, -0.25) is 4.79 Å². The average Bonchev–Trinajstić information content (AvgIpc) is 2.99. The molecule has 4 nitrogen and oxygen atoms in total. The maximum Gasteiger partial charge on any atom is 0.204 e. The number of fused-ring (bicyclic) bond motifs is 1. The van der Waals surface area contributed by atoms with Gasteiger partial charge in [0.1, 0.15) is 10.8 Å². The van der Waals surface area contributed by atoms with Crippen molar-refractivity contribution in [1.29, 1.82) is 0 Å². The van der Waals surface area contributed by atoms with Crippen LogP contribution in [0.2, 0.25) is 0 Å². The summed E-state index contributed by atoms with van der Waals surface area (Å²) in [5.41, 5.74) is 3.21. The molecule has 0 aliphatic carbocycles. The van der Waals surface area contributed by atoms with Gasteiger partial charge in [0.05, 0.1) is 23.3 Å². The van der Waals surface area contributed by atoms with Gasteiger partial charge in [-0.05, 0) is 30.7 Å². The Morgan fingerprint density at radius 2 is 1.73 bits per heavy atom. The summed E-state index contributed by atoms with van der Waals surface area (Å²) in [6.45, 7) is 1.86. The fraction of sp³-hybridized carbons (Fsp3) is 0.0952. The van der Waals surface area contributed by atoms with Gasteiger partial charge >= 0.3 is 0 Å². The zero-order valence-corrected chi connectivity index (χ0v) is 15.2. The lowest BCUT2D eigenvalue weighted by Crippen LogP contribution is -2.03. The minimum Gasteiger partial charge on any atom is -0.497 e. The number of benzene rings is 2. The quantitative estimate of drug-likeness (QED) is 0.496. The van der Waals surface area contributed by atoms with E-state index in [0.29, 0.717) is 22.0 Å². The lowest BCUT2D eigenvalue weighted by molar-refractivity contribution is 0.104. The first-order chi connectivity index (χ1) is 12.7. The molecule has 0 atom stereocenters. The van der Waals surface area contributed by atoms with Gasteiger partial charge in [0.2, 0.25) is 5.78 Å². The van der Waals surface area contributed by atoms with Crippen LogP contribution in [-0.4, -0.2) is 22.9 Å². The molecule has 0 fully saturated rings. The monoisotopic (exact) mass is 360 g/mol. The third kappa shape index (κ3) is 3.02. The second kappa shape index (κ2) is 6.77. The zero-order valence-electron chi connectivity index (χ0n) is 14.4. The number of aromatic nitrogens is 2. The van der Waals surface area contributed by atoms with Gasteiger partial charge in [0, 0.05) is 5.56 Å². The van der Waals surface area contributed by atoms with E-state index in [0.717, 1.165) is 21.9 Å². The Kier molecular flexibility index (Phi) is 4.31. The molecule has 0 saturated carbocycles. The standard InChI is InChI=1S/C21H16N2O2S/c1-13-18-19(24)17(12-14-8-10-16(25-2)11-9-14)26-21(18)23-20(22-13)15-6-4-3-5-7-15/h3-12H,1-2H3/b17-12-. The van der Waals surface area contributed by atoms with E-state index < -0.39 is 0 Å². The van der Waals surface area contributed by atoms with E-state index >= 15 is 0 Å². The number of thioether (sulfide) groups is 1. The first kappa shape index (κ1) is 16.5. The number of carbonyl (C=O) groups is 1. The lowest BCUT2D eigenvalue weighted by Gasteiger charge is -2.04. The summed E-state index contributed by atoms with van der Waals surface area (Å²) in [5.74, 6) is 1.42. The van der Waals surface area contributed by atoms with Crippen LogP contribution in [0.1, 0.15) is 21.6 Å². The van der Waals surface area contributed by atoms with Crippen molar-refractivity contribution in [2.75, 3.05) is 7.11 Å². The minimum absolute atomic E-state index is 0.0158. The van der Waals surface area contributed by atoms with Crippen LogP contribution in [0.15, 0.2) is 64.5 Å². The Morgan fingerprint density at radius 3 is 2.42 bits per heavy atom. The molecule has 0 N–H and O–H groups in total. The third-order valence-corrected chi connectivity index (χ3v) is 5.17. The van der Waals surface area contributed by atoms with Gasteiger partial charge in [-0.2, -0.15) is 0 Å². The number of aryl methyl sites for hydroxylation is 1. The Balaban J connectivity index is 1.70. The summed E-state index contributed by atoms with van der Waals surface area (Å²) >= 11 is 1.40. The second-order valence-electron chi connectivity index (χ2n) is 5.89. The predicted octanol–water partition coefficient (Wildman–Crippen LogP) is 4.79. The van der Waals surface area contributed by atoms with Crippen molar-refractivity contribution in [2.45, 2.75) is 11.9 Å². The highest BCUT2D eigenvalue weighted by Crippen LogP contribution is 2.41. The van der Waals surface area contributed by atoms with Crippen LogP contribution in [0.4, 0.5) is 0 Å². The number of allylic oxidation sites excluding steroid dienone is 1. The van der Waals surface area contributed by atoms with Crippen molar-refractivity contribution in [3.63, 3.8) is 0 Å². The molecule has 0 saturated heterocycles. The van der Waals surface area contributed by atoms with Crippen LogP contribution in [0.5, 0.6) is 5.75 Å². The van der Waals surface area contributed by atoms with Crippen molar-refractivity contribution in [3.8, 4) is 17.1 Å². The fourth-order valence-corrected chi connectivity index (χ4v) is 3.89. The molecule has 26 heavy (non-hydrogen) atoms. The van der Waals surface area contributed by atoms with Gasteiger partial charge < -0.3 is 4.74 Å². The normalized spacial score (nSPS) is 14.5. The Bertz CT molecular complexity index is 1010. The highest BCUT2D eigenvalue weighted by molar-refractivity contribution is 8.04. The average molecular weight is 360 g/mol. The lowest BCUT2D eigenvalue weighted by atomic mass is 10.1. The molecule has 2 aromatic carbocycles. The molecule has 3 aromatic rings. The summed E-state index contributed by atoms with van der Waals surface area (Å²) in [5, 5.41) is 0.723. The van der Waals surface area contributed by atoms with Crippen LogP contribution in [0, 0.1) is 6.92 Å². The SMILES string of the molecule is COc1ccc(/C=C2\Sc3nc(-c4ccccc4)nc(C)c3C2=O)cc1. The number of ketones is 1. The van der Waals surface area contributed by atoms with E-state index in [-0.39, 0.29) is 5.78 Å². The Labute approximate surface area is 156 Å². The van der Waals surface area contributed by atoms with Crippen molar-refractivity contribution >= 4 is 23.6 Å². The van der Waals surface area contributed by atoms with Gasteiger partial charge in [0.25, 0.3) is 0 Å². The van der Waals surface area contributed by atoms with Crippen molar-refractivity contribution in [3.05, 3.63) is 76.3 Å². The van der Waals surface area contributed by atoms with E-state index in [2.05, 4.69) is 9.97 Å². The van der Waals surface area contributed by atoms with Gasteiger partial charge in [0.15, 0.2) is 5.82 Å². The molecule has 0 radical (unpaired) electrons. The first-order valence-corrected chi connectivity index (χ1v) is 9.00. The number of hydrogen-bond acceptors (Lipinski definition) is 5. The van der Waals surface area contributed by atoms with Gasteiger partial charge in [-0.15, -0.1) is 0 Å². The number of methoxy groups -OCH3 is 1. The molecule has 128 valence electrons. The minimum atomic E-state index is -0.0158. The number of carbonyl (C=O) groups excluding carboxylic acids is 1. The summed E-state index contributed by atoms with van der Waals surface area (Å²) in [4.78, 5) is 22.6. The second-order valence-corrected chi connectivity index (χ2v) is 6.92. The highest BCUT2D eigenvalue weighted by Gasteiger charge is 2.30. The molecule has 1 aliphatic rings. The predicted molar refractivity (Wildman–Crippen MR) is 103 cm³/mol. The molecular weight excluding hydrogens is 344 g/mol. The van der Waals surface area contributed by atoms with Crippen molar-refractivity contribution in [2.24, 2.45) is 0 Å². The molecule has 0 amide bonds. The van der Waals surface area contributed by atoms with Crippen LogP contribution in [0.25, 0.3) is 17.5 Å². The molecule has 4 rings (SSSR count). The summed E-state index contributed by atoms with van der Waals surface area (Å²) < 4.78 is 5.17. The number of hydrogen-bond donors (Lipinski definition) is 0. The van der Waals surface area contributed by atoms with Crippen LogP contribution in [0.3, 0.4) is 0 Å². The molecule has 1 aliphatic heterocycles. The van der Waals surface area contributed by atoms with E-state index in [1.165, 1.54) is 11.8 Å². The van der Waals surface area contributed by atoms with E-state index in [9.17, 15) is 4.79 Å². The van der Waals surface area contributed by atoms with Gasteiger partial charge in [-0.25, -0.2) is 9.97 Å².